The molecule has 1 aromatic rings. The summed E-state index contributed by atoms with van der Waals surface area (Å²) in [6, 6.07) is 0. The van der Waals surface area contributed by atoms with Crippen molar-refractivity contribution < 1.29 is 0 Å². The maximum absolute atomic E-state index is 11.6. The Bertz CT molecular complexity index is 472. The molecule has 0 bridgehead atoms. The van der Waals surface area contributed by atoms with Gasteiger partial charge in [-0.05, 0) is 32.4 Å². The molecule has 0 atom stereocenters. The molecule has 94 valence electrons. The van der Waals surface area contributed by atoms with E-state index in [1.165, 1.54) is 0 Å². The molecular weight excluding hydrogens is 222 g/mol. The highest BCUT2D eigenvalue weighted by molar-refractivity contribution is 5.34. The number of hydrogen-bond acceptors (Lipinski definition) is 5. The molecule has 1 aliphatic rings. The number of piperidine rings is 1. The summed E-state index contributed by atoms with van der Waals surface area (Å²) >= 11 is 0. The monoisotopic (exact) mass is 239 g/mol. The van der Waals surface area contributed by atoms with Crippen LogP contribution in [0.2, 0.25) is 0 Å². The zero-order valence-electron chi connectivity index (χ0n) is 9.82. The normalized spacial score (nSPS) is 17.4. The summed E-state index contributed by atoms with van der Waals surface area (Å²) in [5.74, 6) is 0.964. The lowest BCUT2D eigenvalue weighted by Gasteiger charge is -2.31. The van der Waals surface area contributed by atoms with Crippen molar-refractivity contribution in [1.82, 2.24) is 20.5 Å². The number of nitrogens with zero attached hydrogens (tertiary/aromatic N) is 2. The zero-order chi connectivity index (χ0) is 12.3. The van der Waals surface area contributed by atoms with Gasteiger partial charge in [0, 0.05) is 13.1 Å². The molecule has 1 saturated heterocycles. The summed E-state index contributed by atoms with van der Waals surface area (Å²) in [4.78, 5) is 26.5. The third-order valence-electron chi connectivity index (χ3n) is 3.10. The maximum atomic E-state index is 11.6. The van der Waals surface area contributed by atoms with Crippen molar-refractivity contribution in [2.24, 2.45) is 5.92 Å². The number of aromatic nitrogens is 3. The van der Waals surface area contributed by atoms with E-state index < -0.39 is 11.2 Å². The summed E-state index contributed by atoms with van der Waals surface area (Å²) in [5.41, 5.74) is -0.982. The van der Waals surface area contributed by atoms with Crippen LogP contribution in [0.5, 0.6) is 0 Å². The molecule has 0 radical (unpaired) electrons. The second kappa shape index (κ2) is 5.13. The number of nitrogens with one attached hydrogen (secondary N) is 3. The van der Waals surface area contributed by atoms with Gasteiger partial charge in [0.1, 0.15) is 0 Å². The van der Waals surface area contributed by atoms with Crippen LogP contribution in [0, 0.1) is 5.92 Å². The van der Waals surface area contributed by atoms with Crippen LogP contribution in [-0.2, 0) is 0 Å². The third kappa shape index (κ3) is 2.73. The van der Waals surface area contributed by atoms with Crippen LogP contribution in [0.1, 0.15) is 12.8 Å². The van der Waals surface area contributed by atoms with Gasteiger partial charge in [-0.2, -0.15) is 0 Å². The Morgan fingerprint density at radius 3 is 2.71 bits per heavy atom. The minimum Gasteiger partial charge on any atom is -0.351 e. The van der Waals surface area contributed by atoms with Crippen LogP contribution in [0.4, 0.5) is 5.82 Å². The van der Waals surface area contributed by atoms with Gasteiger partial charge in [0.25, 0.3) is 5.56 Å². The van der Waals surface area contributed by atoms with Crippen LogP contribution < -0.4 is 21.5 Å². The summed E-state index contributed by atoms with van der Waals surface area (Å²) in [7, 11) is 1.95. The van der Waals surface area contributed by atoms with Crippen molar-refractivity contribution in [2.45, 2.75) is 12.8 Å². The molecule has 17 heavy (non-hydrogen) atoms. The van der Waals surface area contributed by atoms with E-state index in [0.717, 1.165) is 32.5 Å². The Hall–Kier alpha value is -1.63. The molecule has 2 heterocycles. The van der Waals surface area contributed by atoms with Crippen LogP contribution >= 0.6 is 0 Å². The molecule has 7 nitrogen and oxygen atoms in total. The second-order valence-electron chi connectivity index (χ2n) is 4.32. The van der Waals surface area contributed by atoms with Crippen molar-refractivity contribution >= 4 is 5.82 Å². The van der Waals surface area contributed by atoms with E-state index in [4.69, 9.17) is 0 Å². The van der Waals surface area contributed by atoms with E-state index in [1.54, 1.807) is 0 Å². The van der Waals surface area contributed by atoms with Crippen molar-refractivity contribution in [3.8, 4) is 0 Å². The van der Waals surface area contributed by atoms with Gasteiger partial charge in [0.2, 0.25) is 5.82 Å². The predicted molar refractivity (Wildman–Crippen MR) is 64.3 cm³/mol. The molecule has 0 unspecified atom stereocenters. The van der Waals surface area contributed by atoms with E-state index >= 15 is 0 Å². The first kappa shape index (κ1) is 11.8. The van der Waals surface area contributed by atoms with Gasteiger partial charge in [-0.1, -0.05) is 0 Å². The lowest BCUT2D eigenvalue weighted by atomic mass is 9.97. The van der Waals surface area contributed by atoms with Crippen LogP contribution in [0.3, 0.4) is 0 Å². The molecule has 1 fully saturated rings. The smallest absolute Gasteiger partial charge is 0.342 e. The fraction of sp³-hybridized carbons (Fsp3) is 0.700. The molecule has 0 aromatic carbocycles. The fourth-order valence-electron chi connectivity index (χ4n) is 2.19. The molecule has 7 heteroatoms. The highest BCUT2D eigenvalue weighted by atomic mass is 16.2. The quantitative estimate of drug-likeness (QED) is 0.622. The summed E-state index contributed by atoms with van der Waals surface area (Å²) in [6.45, 7) is 2.60. The first-order valence-corrected chi connectivity index (χ1v) is 5.79. The van der Waals surface area contributed by atoms with Crippen LogP contribution in [0.15, 0.2) is 9.59 Å². The number of hydrogen-bond donors (Lipinski definition) is 3. The first-order chi connectivity index (χ1) is 8.20. The zero-order valence-corrected chi connectivity index (χ0v) is 9.82. The Morgan fingerprint density at radius 1 is 1.41 bits per heavy atom. The molecule has 3 N–H and O–H groups in total. The van der Waals surface area contributed by atoms with E-state index in [0.29, 0.717) is 11.7 Å². The van der Waals surface area contributed by atoms with E-state index in [-0.39, 0.29) is 0 Å². The molecular formula is C10H17N5O2. The van der Waals surface area contributed by atoms with Crippen molar-refractivity contribution in [3.63, 3.8) is 0 Å². The van der Waals surface area contributed by atoms with Crippen molar-refractivity contribution in [1.29, 1.82) is 0 Å². The van der Waals surface area contributed by atoms with E-state index in [9.17, 15) is 9.59 Å². The number of rotatable bonds is 3. The van der Waals surface area contributed by atoms with Crippen molar-refractivity contribution in [2.75, 3.05) is 31.6 Å². The van der Waals surface area contributed by atoms with E-state index in [1.807, 2.05) is 11.9 Å². The third-order valence-corrected chi connectivity index (χ3v) is 3.10. The van der Waals surface area contributed by atoms with Gasteiger partial charge < -0.3 is 10.2 Å². The standard InChI is InChI=1S/C10H17N5O2/c1-11-6-7-2-4-15(5-3-7)8-9(16)12-10(17)14-13-8/h7,11H,2-6H2,1H3,(H2,12,14,16,17). The van der Waals surface area contributed by atoms with Gasteiger partial charge in [0.05, 0.1) is 0 Å². The molecule has 0 saturated carbocycles. The predicted octanol–water partition coefficient (Wildman–Crippen LogP) is -1.11. The number of aromatic amines is 2. The lowest BCUT2D eigenvalue weighted by Crippen LogP contribution is -2.41. The highest BCUT2D eigenvalue weighted by Gasteiger charge is 2.21. The Kier molecular flexibility index (Phi) is 3.58. The Morgan fingerprint density at radius 2 is 2.12 bits per heavy atom. The Labute approximate surface area is 98.2 Å². The van der Waals surface area contributed by atoms with Gasteiger partial charge >= 0.3 is 5.69 Å². The van der Waals surface area contributed by atoms with E-state index in [2.05, 4.69) is 20.5 Å². The van der Waals surface area contributed by atoms with Gasteiger partial charge in [-0.3, -0.25) is 9.78 Å². The largest absolute Gasteiger partial charge is 0.351 e. The molecule has 0 amide bonds. The molecule has 1 aromatic heterocycles. The number of anilines is 1. The van der Waals surface area contributed by atoms with Crippen molar-refractivity contribution in [3.05, 3.63) is 20.8 Å². The number of H-pyrrole nitrogens is 2. The Balaban J connectivity index is 2.05. The van der Waals surface area contributed by atoms with Gasteiger partial charge in [0.15, 0.2) is 0 Å². The maximum Gasteiger partial charge on any atom is 0.342 e. The van der Waals surface area contributed by atoms with Gasteiger partial charge in [-0.15, -0.1) is 5.10 Å². The van der Waals surface area contributed by atoms with Gasteiger partial charge in [-0.25, -0.2) is 9.89 Å². The topological polar surface area (TPSA) is 93.9 Å². The average Bonchev–Trinajstić information content (AvgIpc) is 2.31. The minimum atomic E-state index is -0.566. The minimum absolute atomic E-state index is 0.313. The second-order valence-corrected chi connectivity index (χ2v) is 4.32. The molecule has 0 aliphatic carbocycles. The SMILES string of the molecule is CNCC1CCN(c2n[nH]c(=O)[nH]c2=O)CC1. The first-order valence-electron chi connectivity index (χ1n) is 5.79. The average molecular weight is 239 g/mol. The summed E-state index contributed by atoms with van der Waals surface area (Å²) < 4.78 is 0. The molecule has 2 rings (SSSR count). The highest BCUT2D eigenvalue weighted by Crippen LogP contribution is 2.18. The fourth-order valence-corrected chi connectivity index (χ4v) is 2.19. The molecule has 0 spiro atoms. The summed E-state index contributed by atoms with van der Waals surface area (Å²) in [5, 5.41) is 9.22. The van der Waals surface area contributed by atoms with Crippen LogP contribution in [0.25, 0.3) is 0 Å². The lowest BCUT2D eigenvalue weighted by molar-refractivity contribution is 0.391. The van der Waals surface area contributed by atoms with Crippen LogP contribution in [-0.4, -0.2) is 41.9 Å². The molecule has 1 aliphatic heterocycles. The summed E-state index contributed by atoms with van der Waals surface area (Å²) in [6.07, 6.45) is 2.06.